The number of hydrogen-bond donors (Lipinski definition) is 1. The van der Waals surface area contributed by atoms with Crippen LogP contribution in [0.2, 0.25) is 0 Å². The molecule has 0 aromatic rings. The molecule has 0 unspecified atom stereocenters. The van der Waals surface area contributed by atoms with Gasteiger partial charge in [0.15, 0.2) is 0 Å². The largest absolute Gasteiger partial charge is 0.381 e. The second kappa shape index (κ2) is 4.09. The Hall–Kier alpha value is 0.210. The molecular formula is C6H14ClNO. The summed E-state index contributed by atoms with van der Waals surface area (Å²) in [5, 5.41) is 0. The minimum atomic E-state index is 0. The number of rotatable bonds is 1. The van der Waals surface area contributed by atoms with Gasteiger partial charge in [0, 0.05) is 13.2 Å². The first-order valence-electron chi connectivity index (χ1n) is 3.11. The molecule has 1 fully saturated rings. The fourth-order valence-corrected chi connectivity index (χ4v) is 1.19. The van der Waals surface area contributed by atoms with E-state index in [0.717, 1.165) is 19.3 Å². The zero-order valence-electron chi connectivity index (χ0n) is 5.67. The van der Waals surface area contributed by atoms with Crippen molar-refractivity contribution in [3.63, 3.8) is 0 Å². The van der Waals surface area contributed by atoms with Crippen LogP contribution in [0.25, 0.3) is 0 Å². The van der Waals surface area contributed by atoms with Gasteiger partial charge in [0.05, 0.1) is 6.10 Å². The summed E-state index contributed by atoms with van der Waals surface area (Å²) in [4.78, 5) is 0. The van der Waals surface area contributed by atoms with E-state index >= 15 is 0 Å². The van der Waals surface area contributed by atoms with Gasteiger partial charge in [0.1, 0.15) is 0 Å². The van der Waals surface area contributed by atoms with Gasteiger partial charge in [-0.05, 0) is 19.3 Å². The lowest BCUT2D eigenvalue weighted by molar-refractivity contribution is 0.108. The molecule has 2 N–H and O–H groups in total. The van der Waals surface area contributed by atoms with Gasteiger partial charge in [-0.1, -0.05) is 0 Å². The molecule has 1 aliphatic carbocycles. The summed E-state index contributed by atoms with van der Waals surface area (Å²) >= 11 is 0. The monoisotopic (exact) mass is 151 g/mol. The molecule has 1 aliphatic rings. The minimum Gasteiger partial charge on any atom is -0.381 e. The van der Waals surface area contributed by atoms with Crippen LogP contribution < -0.4 is 5.73 Å². The normalized spacial score (nSPS) is 34.0. The van der Waals surface area contributed by atoms with Gasteiger partial charge < -0.3 is 10.5 Å². The van der Waals surface area contributed by atoms with E-state index in [1.165, 1.54) is 0 Å². The highest BCUT2D eigenvalue weighted by Crippen LogP contribution is 2.18. The molecule has 56 valence electrons. The Morgan fingerprint density at radius 1 is 1.44 bits per heavy atom. The summed E-state index contributed by atoms with van der Waals surface area (Å²) in [6.07, 6.45) is 3.79. The molecule has 0 amide bonds. The topological polar surface area (TPSA) is 35.2 Å². The lowest BCUT2D eigenvalue weighted by atomic mass is 10.3. The Kier molecular flexibility index (Phi) is 4.19. The van der Waals surface area contributed by atoms with Crippen LogP contribution in [0.4, 0.5) is 0 Å². The van der Waals surface area contributed by atoms with Crippen LogP contribution in [0.5, 0.6) is 0 Å². The van der Waals surface area contributed by atoms with Gasteiger partial charge in [0.2, 0.25) is 0 Å². The maximum atomic E-state index is 5.62. The molecule has 0 aliphatic heterocycles. The van der Waals surface area contributed by atoms with E-state index in [9.17, 15) is 0 Å². The van der Waals surface area contributed by atoms with Crippen LogP contribution in [-0.4, -0.2) is 19.3 Å². The molecule has 0 spiro atoms. The first kappa shape index (κ1) is 9.21. The average molecular weight is 152 g/mol. The van der Waals surface area contributed by atoms with E-state index in [1.54, 1.807) is 7.11 Å². The van der Waals surface area contributed by atoms with Gasteiger partial charge in [-0.3, -0.25) is 0 Å². The summed E-state index contributed by atoms with van der Waals surface area (Å²) in [5.74, 6) is 0. The van der Waals surface area contributed by atoms with E-state index < -0.39 is 0 Å². The molecule has 0 radical (unpaired) electrons. The van der Waals surface area contributed by atoms with E-state index in [0.29, 0.717) is 12.1 Å². The maximum absolute atomic E-state index is 5.62. The first-order valence-corrected chi connectivity index (χ1v) is 3.11. The molecule has 9 heavy (non-hydrogen) atoms. The molecule has 3 heteroatoms. The summed E-state index contributed by atoms with van der Waals surface area (Å²) in [6, 6.07) is 0.403. The zero-order valence-corrected chi connectivity index (χ0v) is 6.49. The van der Waals surface area contributed by atoms with Crippen LogP contribution in [0, 0.1) is 0 Å². The van der Waals surface area contributed by atoms with Crippen LogP contribution >= 0.6 is 12.4 Å². The molecule has 2 atom stereocenters. The number of methoxy groups -OCH3 is 1. The molecule has 1 saturated carbocycles. The third-order valence-corrected chi connectivity index (χ3v) is 1.76. The van der Waals surface area contributed by atoms with Crippen molar-refractivity contribution in [2.45, 2.75) is 31.4 Å². The molecule has 0 aromatic heterocycles. The number of hydrogen-bond acceptors (Lipinski definition) is 2. The quantitative estimate of drug-likeness (QED) is 0.606. The second-order valence-electron chi connectivity index (χ2n) is 2.43. The molecule has 1 rings (SSSR count). The lowest BCUT2D eigenvalue weighted by Crippen LogP contribution is -2.16. The van der Waals surface area contributed by atoms with Crippen molar-refractivity contribution in [1.82, 2.24) is 0 Å². The summed E-state index contributed by atoms with van der Waals surface area (Å²) < 4.78 is 5.10. The Labute approximate surface area is 62.2 Å². The van der Waals surface area contributed by atoms with Crippen molar-refractivity contribution in [3.8, 4) is 0 Å². The molecule has 0 heterocycles. The smallest absolute Gasteiger partial charge is 0.0586 e. The van der Waals surface area contributed by atoms with Crippen molar-refractivity contribution in [1.29, 1.82) is 0 Å². The number of halogens is 1. The van der Waals surface area contributed by atoms with Crippen molar-refractivity contribution < 1.29 is 4.74 Å². The number of nitrogens with two attached hydrogens (primary N) is 1. The fraction of sp³-hybridized carbons (Fsp3) is 1.00. The Balaban J connectivity index is 0.000000640. The van der Waals surface area contributed by atoms with E-state index in [1.807, 2.05) is 0 Å². The summed E-state index contributed by atoms with van der Waals surface area (Å²) in [7, 11) is 1.75. The zero-order chi connectivity index (χ0) is 5.98. The third-order valence-electron chi connectivity index (χ3n) is 1.76. The Morgan fingerprint density at radius 3 is 2.33 bits per heavy atom. The second-order valence-corrected chi connectivity index (χ2v) is 2.43. The summed E-state index contributed by atoms with van der Waals surface area (Å²) in [5.41, 5.74) is 5.62. The highest BCUT2D eigenvalue weighted by molar-refractivity contribution is 5.85. The highest BCUT2D eigenvalue weighted by atomic mass is 35.5. The summed E-state index contributed by atoms with van der Waals surface area (Å²) in [6.45, 7) is 0. The molecule has 2 nitrogen and oxygen atoms in total. The van der Waals surface area contributed by atoms with E-state index in [-0.39, 0.29) is 12.4 Å². The Morgan fingerprint density at radius 2 is 2.11 bits per heavy atom. The van der Waals surface area contributed by atoms with Gasteiger partial charge in [0.25, 0.3) is 0 Å². The van der Waals surface area contributed by atoms with E-state index in [2.05, 4.69) is 0 Å². The molecule has 0 saturated heterocycles. The number of ether oxygens (including phenoxy) is 1. The lowest BCUT2D eigenvalue weighted by Gasteiger charge is -2.04. The van der Waals surface area contributed by atoms with Crippen molar-refractivity contribution in [2.24, 2.45) is 5.73 Å². The third kappa shape index (κ3) is 2.52. The van der Waals surface area contributed by atoms with Crippen LogP contribution in [-0.2, 0) is 4.74 Å². The first-order chi connectivity index (χ1) is 3.83. The fourth-order valence-electron chi connectivity index (χ4n) is 1.19. The standard InChI is InChI=1S/C6H13NO.ClH/c1-8-6-3-2-5(7)4-6;/h5-6H,2-4,7H2,1H3;1H/t5-,6-;/m0./s1. The van der Waals surface area contributed by atoms with Gasteiger partial charge in [-0.25, -0.2) is 0 Å². The minimum absolute atomic E-state index is 0. The molecule has 0 bridgehead atoms. The van der Waals surface area contributed by atoms with Gasteiger partial charge in [-0.2, -0.15) is 0 Å². The van der Waals surface area contributed by atoms with Crippen LogP contribution in [0.1, 0.15) is 19.3 Å². The van der Waals surface area contributed by atoms with Crippen LogP contribution in [0.15, 0.2) is 0 Å². The van der Waals surface area contributed by atoms with E-state index in [4.69, 9.17) is 10.5 Å². The SMILES string of the molecule is CO[C@H]1CC[C@H](N)C1.Cl. The maximum Gasteiger partial charge on any atom is 0.0586 e. The predicted octanol–water partition coefficient (Wildman–Crippen LogP) is 0.934. The van der Waals surface area contributed by atoms with Crippen molar-refractivity contribution in [3.05, 3.63) is 0 Å². The molecular weight excluding hydrogens is 138 g/mol. The highest BCUT2D eigenvalue weighted by Gasteiger charge is 2.20. The van der Waals surface area contributed by atoms with Gasteiger partial charge >= 0.3 is 0 Å². The van der Waals surface area contributed by atoms with Crippen molar-refractivity contribution >= 4 is 12.4 Å². The van der Waals surface area contributed by atoms with Crippen molar-refractivity contribution in [2.75, 3.05) is 7.11 Å². The predicted molar refractivity (Wildman–Crippen MR) is 39.9 cm³/mol. The average Bonchev–Trinajstić information content (AvgIpc) is 2.14. The Bertz CT molecular complexity index is 79.5. The van der Waals surface area contributed by atoms with Crippen LogP contribution in [0.3, 0.4) is 0 Å². The van der Waals surface area contributed by atoms with Gasteiger partial charge in [-0.15, -0.1) is 12.4 Å². The molecule has 0 aromatic carbocycles.